The maximum absolute atomic E-state index is 12.7. The van der Waals surface area contributed by atoms with Gasteiger partial charge in [-0.05, 0) is 47.7 Å². The van der Waals surface area contributed by atoms with Crippen LogP contribution in [0.25, 0.3) is 6.08 Å². The fourth-order valence-corrected chi connectivity index (χ4v) is 3.65. The number of nitrogens with zero attached hydrogens (tertiary/aromatic N) is 1. The molecule has 2 aromatic rings. The van der Waals surface area contributed by atoms with Gasteiger partial charge in [-0.3, -0.25) is 9.59 Å². The van der Waals surface area contributed by atoms with Crippen molar-refractivity contribution in [2.75, 3.05) is 12.0 Å². The Morgan fingerprint density at radius 2 is 1.80 bits per heavy atom. The number of aromatic hydroxyl groups is 1. The Labute approximate surface area is 157 Å². The van der Waals surface area contributed by atoms with E-state index in [4.69, 9.17) is 27.9 Å². The number of anilines is 1. The van der Waals surface area contributed by atoms with Crippen molar-refractivity contribution in [2.24, 2.45) is 0 Å². The number of para-hydroxylation sites is 2. The lowest BCUT2D eigenvalue weighted by Crippen LogP contribution is -2.28. The van der Waals surface area contributed by atoms with Crippen LogP contribution in [-0.4, -0.2) is 23.4 Å². The molecule has 128 valence electrons. The Balaban J connectivity index is 1.99. The number of rotatable bonds is 3. The molecule has 1 aliphatic rings. The molecule has 0 aliphatic carbocycles. The van der Waals surface area contributed by atoms with Gasteiger partial charge in [-0.1, -0.05) is 35.3 Å². The molecule has 0 unspecified atom stereocenters. The van der Waals surface area contributed by atoms with E-state index < -0.39 is 11.1 Å². The predicted molar refractivity (Wildman–Crippen MR) is 99.6 cm³/mol. The maximum atomic E-state index is 12.7. The summed E-state index contributed by atoms with van der Waals surface area (Å²) in [6.07, 6.45) is 1.50. The van der Waals surface area contributed by atoms with Crippen LogP contribution in [0.5, 0.6) is 11.5 Å². The first-order valence-electron chi connectivity index (χ1n) is 7.01. The highest BCUT2D eigenvalue weighted by atomic mass is 35.5. The van der Waals surface area contributed by atoms with E-state index in [-0.39, 0.29) is 20.7 Å². The van der Waals surface area contributed by atoms with E-state index in [9.17, 15) is 14.7 Å². The third-order valence-electron chi connectivity index (χ3n) is 3.46. The zero-order valence-electron chi connectivity index (χ0n) is 12.8. The molecule has 1 aliphatic heterocycles. The van der Waals surface area contributed by atoms with Crippen molar-refractivity contribution in [1.82, 2.24) is 0 Å². The molecule has 0 aromatic heterocycles. The number of imide groups is 1. The molecule has 1 saturated heterocycles. The molecule has 25 heavy (non-hydrogen) atoms. The quantitative estimate of drug-likeness (QED) is 0.744. The largest absolute Gasteiger partial charge is 0.505 e. The molecule has 5 nitrogen and oxygen atoms in total. The maximum Gasteiger partial charge on any atom is 0.298 e. The van der Waals surface area contributed by atoms with Gasteiger partial charge in [0.05, 0.1) is 27.7 Å². The van der Waals surface area contributed by atoms with Gasteiger partial charge in [0, 0.05) is 0 Å². The topological polar surface area (TPSA) is 66.8 Å². The molecule has 3 rings (SSSR count). The van der Waals surface area contributed by atoms with Gasteiger partial charge in [0.15, 0.2) is 5.75 Å². The lowest BCUT2D eigenvalue weighted by Gasteiger charge is -2.15. The van der Waals surface area contributed by atoms with Crippen LogP contribution in [-0.2, 0) is 4.79 Å². The normalized spacial score (nSPS) is 16.0. The number of halogens is 2. The molecular formula is C17H11Cl2NO4S. The van der Waals surface area contributed by atoms with E-state index in [1.807, 2.05) is 0 Å². The van der Waals surface area contributed by atoms with Gasteiger partial charge in [0.25, 0.3) is 11.1 Å². The number of phenolic OH excluding ortho intramolecular Hbond substituents is 1. The van der Waals surface area contributed by atoms with Crippen molar-refractivity contribution >= 4 is 57.9 Å². The third-order valence-corrected chi connectivity index (χ3v) is 4.90. The van der Waals surface area contributed by atoms with Crippen molar-refractivity contribution < 1.29 is 19.4 Å². The molecule has 0 saturated carbocycles. The number of ether oxygens (including phenoxy) is 1. The van der Waals surface area contributed by atoms with Gasteiger partial charge in [0.1, 0.15) is 5.75 Å². The number of hydrogen-bond donors (Lipinski definition) is 1. The Morgan fingerprint density at radius 1 is 1.16 bits per heavy atom. The van der Waals surface area contributed by atoms with E-state index in [2.05, 4.69) is 0 Å². The summed E-state index contributed by atoms with van der Waals surface area (Å²) in [6.45, 7) is 0. The molecule has 1 fully saturated rings. The van der Waals surface area contributed by atoms with E-state index in [1.54, 1.807) is 24.3 Å². The highest BCUT2D eigenvalue weighted by Gasteiger charge is 2.37. The lowest BCUT2D eigenvalue weighted by atomic mass is 10.2. The zero-order valence-corrected chi connectivity index (χ0v) is 15.2. The molecule has 0 radical (unpaired) electrons. The second-order valence-corrected chi connectivity index (χ2v) is 6.83. The summed E-state index contributed by atoms with van der Waals surface area (Å²) in [7, 11) is 1.47. The average molecular weight is 396 g/mol. The van der Waals surface area contributed by atoms with Crippen LogP contribution in [0.3, 0.4) is 0 Å². The molecule has 8 heteroatoms. The van der Waals surface area contributed by atoms with Crippen molar-refractivity contribution in [1.29, 1.82) is 0 Å². The second kappa shape index (κ2) is 7.00. The second-order valence-electron chi connectivity index (χ2n) is 5.02. The first-order valence-corrected chi connectivity index (χ1v) is 8.58. The van der Waals surface area contributed by atoms with Gasteiger partial charge in [-0.2, -0.15) is 0 Å². The molecule has 0 bridgehead atoms. The zero-order chi connectivity index (χ0) is 18.1. The molecule has 0 atom stereocenters. The van der Waals surface area contributed by atoms with Gasteiger partial charge in [0.2, 0.25) is 0 Å². The van der Waals surface area contributed by atoms with Crippen LogP contribution < -0.4 is 9.64 Å². The highest BCUT2D eigenvalue weighted by molar-refractivity contribution is 8.19. The van der Waals surface area contributed by atoms with E-state index in [1.165, 1.54) is 25.3 Å². The summed E-state index contributed by atoms with van der Waals surface area (Å²) >= 11 is 12.6. The number of methoxy groups -OCH3 is 1. The third kappa shape index (κ3) is 3.33. The minimum Gasteiger partial charge on any atom is -0.505 e. The number of thioether (sulfide) groups is 1. The minimum absolute atomic E-state index is 0.0581. The average Bonchev–Trinajstić information content (AvgIpc) is 2.86. The fourth-order valence-electron chi connectivity index (χ4n) is 2.31. The van der Waals surface area contributed by atoms with Crippen molar-refractivity contribution in [3.05, 3.63) is 56.9 Å². The summed E-state index contributed by atoms with van der Waals surface area (Å²) in [6, 6.07) is 9.68. The first kappa shape index (κ1) is 17.7. The minimum atomic E-state index is -0.472. The number of carbonyl (C=O) groups excluding carboxylic acids is 2. The molecular weight excluding hydrogens is 385 g/mol. The van der Waals surface area contributed by atoms with E-state index in [0.29, 0.717) is 17.0 Å². The molecule has 1 N–H and O–H groups in total. The van der Waals surface area contributed by atoms with E-state index in [0.717, 1.165) is 16.7 Å². The smallest absolute Gasteiger partial charge is 0.298 e. The van der Waals surface area contributed by atoms with Crippen LogP contribution in [0.4, 0.5) is 10.5 Å². The number of hydrogen-bond acceptors (Lipinski definition) is 5. The SMILES string of the molecule is COc1ccccc1N1C(=O)S/C(=C\c2cc(Cl)c(O)c(Cl)c2)C1=O. The highest BCUT2D eigenvalue weighted by Crippen LogP contribution is 2.40. The van der Waals surface area contributed by atoms with Crippen LogP contribution >= 0.6 is 35.0 Å². The first-order chi connectivity index (χ1) is 11.9. The number of benzene rings is 2. The summed E-state index contributed by atoms with van der Waals surface area (Å²) in [5, 5.41) is 9.28. The summed E-state index contributed by atoms with van der Waals surface area (Å²) < 4.78 is 5.22. The molecule has 1 heterocycles. The van der Waals surface area contributed by atoms with Gasteiger partial charge >= 0.3 is 0 Å². The lowest BCUT2D eigenvalue weighted by molar-refractivity contribution is -0.113. The summed E-state index contributed by atoms with van der Waals surface area (Å²) in [5.41, 5.74) is 0.871. The standard InChI is InChI=1S/C17H11Cl2NO4S/c1-24-13-5-3-2-4-12(13)20-16(22)14(25-17(20)23)8-9-6-10(18)15(21)11(19)7-9/h2-8,21H,1H3/b14-8-. The van der Waals surface area contributed by atoms with Crippen molar-refractivity contribution in [3.63, 3.8) is 0 Å². The molecule has 2 aromatic carbocycles. The van der Waals surface area contributed by atoms with Crippen LogP contribution in [0.1, 0.15) is 5.56 Å². The number of amides is 2. The Kier molecular flexibility index (Phi) is 4.94. The van der Waals surface area contributed by atoms with Crippen molar-refractivity contribution in [3.8, 4) is 11.5 Å². The Hall–Kier alpha value is -2.15. The van der Waals surface area contributed by atoms with Crippen molar-refractivity contribution in [2.45, 2.75) is 0 Å². The van der Waals surface area contributed by atoms with Crippen LogP contribution in [0.15, 0.2) is 41.3 Å². The van der Waals surface area contributed by atoms with Gasteiger partial charge in [-0.15, -0.1) is 0 Å². The molecule has 0 spiro atoms. The summed E-state index contributed by atoms with van der Waals surface area (Å²) in [5.74, 6) is -0.288. The van der Waals surface area contributed by atoms with Gasteiger partial charge < -0.3 is 9.84 Å². The predicted octanol–water partition coefficient (Wildman–Crippen LogP) is 4.95. The van der Waals surface area contributed by atoms with Gasteiger partial charge in [-0.25, -0.2) is 4.90 Å². The monoisotopic (exact) mass is 395 g/mol. The Morgan fingerprint density at radius 3 is 2.44 bits per heavy atom. The Bertz CT molecular complexity index is 890. The fraction of sp³-hybridized carbons (Fsp3) is 0.0588. The molecule has 2 amide bonds. The van der Waals surface area contributed by atoms with Crippen LogP contribution in [0, 0.1) is 0 Å². The number of phenols is 1. The van der Waals surface area contributed by atoms with E-state index >= 15 is 0 Å². The summed E-state index contributed by atoms with van der Waals surface area (Å²) in [4.78, 5) is 26.3. The van der Waals surface area contributed by atoms with Crippen LogP contribution in [0.2, 0.25) is 10.0 Å². The number of carbonyl (C=O) groups is 2.